The minimum absolute atomic E-state index is 0.0647. The Kier molecular flexibility index (Phi) is 3.74. The summed E-state index contributed by atoms with van der Waals surface area (Å²) in [6.07, 6.45) is 0. The second kappa shape index (κ2) is 5.31. The first-order valence-corrected chi connectivity index (χ1v) is 6.56. The molecular weight excluding hydrogens is 236 g/mol. The highest BCUT2D eigenvalue weighted by molar-refractivity contribution is 6.07. The van der Waals surface area contributed by atoms with Gasteiger partial charge >= 0.3 is 0 Å². The van der Waals surface area contributed by atoms with Crippen molar-refractivity contribution >= 4 is 11.6 Å². The van der Waals surface area contributed by atoms with Crippen LogP contribution in [0.5, 0.6) is 0 Å². The molecule has 0 aliphatic carbocycles. The molecule has 100 valence electrons. The normalized spacial score (nSPS) is 10.5. The van der Waals surface area contributed by atoms with E-state index in [4.69, 9.17) is 0 Å². The topological polar surface area (TPSA) is 25.2 Å². The van der Waals surface area contributed by atoms with Crippen LogP contribution < -0.4 is 4.90 Å². The first-order chi connectivity index (χ1) is 9.06. The van der Waals surface area contributed by atoms with Crippen LogP contribution in [-0.2, 0) is 7.05 Å². The minimum atomic E-state index is 0.0647. The number of aromatic nitrogens is 1. The lowest BCUT2D eigenvalue weighted by atomic mass is 10.2. The van der Waals surface area contributed by atoms with E-state index in [2.05, 4.69) is 0 Å². The molecule has 0 spiro atoms. The predicted octanol–water partition coefficient (Wildman–Crippen LogP) is 3.31. The number of para-hydroxylation sites is 1. The molecule has 1 aromatic carbocycles. The van der Waals surface area contributed by atoms with Gasteiger partial charge in [-0.15, -0.1) is 0 Å². The van der Waals surface area contributed by atoms with Crippen molar-refractivity contribution in [3.05, 3.63) is 53.3 Å². The number of nitrogens with zero attached hydrogens (tertiary/aromatic N) is 2. The molecule has 2 aromatic rings. The van der Waals surface area contributed by atoms with Crippen LogP contribution in [0.3, 0.4) is 0 Å². The molecule has 0 atom stereocenters. The van der Waals surface area contributed by atoms with Gasteiger partial charge in [0.15, 0.2) is 0 Å². The third-order valence-electron chi connectivity index (χ3n) is 3.63. The fourth-order valence-corrected chi connectivity index (χ4v) is 2.27. The molecule has 1 amide bonds. The van der Waals surface area contributed by atoms with Gasteiger partial charge in [0.1, 0.15) is 0 Å². The molecule has 1 heterocycles. The van der Waals surface area contributed by atoms with Gasteiger partial charge in [-0.1, -0.05) is 18.2 Å². The average molecular weight is 256 g/mol. The molecular formula is C16H20N2O. The van der Waals surface area contributed by atoms with Gasteiger partial charge in [0, 0.05) is 30.7 Å². The number of carbonyl (C=O) groups excluding carboxylic acids is 1. The summed E-state index contributed by atoms with van der Waals surface area (Å²) in [6.45, 7) is 6.66. The number of aryl methyl sites for hydroxylation is 1. The monoisotopic (exact) mass is 256 g/mol. The number of hydrogen-bond donors (Lipinski definition) is 0. The number of amides is 1. The van der Waals surface area contributed by atoms with E-state index in [0.29, 0.717) is 6.54 Å². The summed E-state index contributed by atoms with van der Waals surface area (Å²) >= 11 is 0. The first kappa shape index (κ1) is 13.4. The summed E-state index contributed by atoms with van der Waals surface area (Å²) < 4.78 is 2.05. The van der Waals surface area contributed by atoms with Crippen molar-refractivity contribution in [2.45, 2.75) is 20.8 Å². The van der Waals surface area contributed by atoms with E-state index < -0.39 is 0 Å². The minimum Gasteiger partial charge on any atom is -0.351 e. The van der Waals surface area contributed by atoms with Crippen molar-refractivity contribution in [1.82, 2.24) is 4.57 Å². The zero-order chi connectivity index (χ0) is 14.0. The number of benzene rings is 1. The van der Waals surface area contributed by atoms with E-state index in [1.54, 1.807) is 0 Å². The van der Waals surface area contributed by atoms with Crippen molar-refractivity contribution in [2.24, 2.45) is 7.05 Å². The average Bonchev–Trinajstić information content (AvgIpc) is 2.68. The van der Waals surface area contributed by atoms with Crippen molar-refractivity contribution in [3.63, 3.8) is 0 Å². The van der Waals surface area contributed by atoms with Crippen molar-refractivity contribution in [1.29, 1.82) is 0 Å². The molecule has 0 saturated heterocycles. The lowest BCUT2D eigenvalue weighted by Crippen LogP contribution is -2.30. The third kappa shape index (κ3) is 2.41. The number of anilines is 1. The van der Waals surface area contributed by atoms with Gasteiger partial charge in [0.2, 0.25) is 0 Å². The molecule has 0 aliphatic rings. The maximum Gasteiger partial charge on any atom is 0.260 e. The van der Waals surface area contributed by atoms with Gasteiger partial charge in [-0.2, -0.15) is 0 Å². The maximum absolute atomic E-state index is 12.7. The fraction of sp³-hybridized carbons (Fsp3) is 0.312. The zero-order valence-corrected chi connectivity index (χ0v) is 12.0. The molecule has 0 fully saturated rings. The number of carbonyl (C=O) groups is 1. The Morgan fingerprint density at radius 3 is 2.32 bits per heavy atom. The molecule has 0 radical (unpaired) electrons. The van der Waals surface area contributed by atoms with Crippen LogP contribution in [0.25, 0.3) is 0 Å². The van der Waals surface area contributed by atoms with E-state index >= 15 is 0 Å². The summed E-state index contributed by atoms with van der Waals surface area (Å²) in [6, 6.07) is 11.8. The molecule has 2 rings (SSSR count). The highest BCUT2D eigenvalue weighted by Gasteiger charge is 2.20. The highest BCUT2D eigenvalue weighted by Crippen LogP contribution is 2.20. The van der Waals surface area contributed by atoms with Gasteiger partial charge in [0.25, 0.3) is 5.91 Å². The molecule has 0 N–H and O–H groups in total. The van der Waals surface area contributed by atoms with Crippen molar-refractivity contribution < 1.29 is 4.79 Å². The lowest BCUT2D eigenvalue weighted by Gasteiger charge is -2.21. The zero-order valence-electron chi connectivity index (χ0n) is 12.0. The smallest absolute Gasteiger partial charge is 0.260 e. The highest BCUT2D eigenvalue weighted by atomic mass is 16.2. The maximum atomic E-state index is 12.7. The van der Waals surface area contributed by atoms with Crippen LogP contribution in [0.1, 0.15) is 28.7 Å². The molecule has 3 nitrogen and oxygen atoms in total. The summed E-state index contributed by atoms with van der Waals surface area (Å²) in [5.41, 5.74) is 3.84. The summed E-state index contributed by atoms with van der Waals surface area (Å²) in [5.74, 6) is 0.0647. The molecule has 19 heavy (non-hydrogen) atoms. The molecule has 0 bridgehead atoms. The van der Waals surface area contributed by atoms with Crippen LogP contribution in [0.4, 0.5) is 5.69 Å². The molecule has 0 unspecified atom stereocenters. The SMILES string of the molecule is CCN(C(=O)c1cc(C)n(C)c1C)c1ccccc1. The Morgan fingerprint density at radius 1 is 1.21 bits per heavy atom. The van der Waals surface area contributed by atoms with Crippen LogP contribution in [0, 0.1) is 13.8 Å². The van der Waals surface area contributed by atoms with Gasteiger partial charge in [-0.3, -0.25) is 4.79 Å². The Bertz CT molecular complexity index is 584. The van der Waals surface area contributed by atoms with Gasteiger partial charge < -0.3 is 9.47 Å². The van der Waals surface area contributed by atoms with E-state index in [1.165, 1.54) is 0 Å². The summed E-state index contributed by atoms with van der Waals surface area (Å²) in [4.78, 5) is 14.5. The number of rotatable bonds is 3. The van der Waals surface area contributed by atoms with Crippen LogP contribution >= 0.6 is 0 Å². The van der Waals surface area contributed by atoms with Gasteiger partial charge in [-0.25, -0.2) is 0 Å². The predicted molar refractivity (Wildman–Crippen MR) is 78.7 cm³/mol. The summed E-state index contributed by atoms with van der Waals surface area (Å²) in [7, 11) is 1.99. The summed E-state index contributed by atoms with van der Waals surface area (Å²) in [5, 5.41) is 0. The first-order valence-electron chi connectivity index (χ1n) is 6.56. The Hall–Kier alpha value is -2.03. The van der Waals surface area contributed by atoms with Gasteiger partial charge in [0.05, 0.1) is 5.56 Å². The second-order valence-electron chi connectivity index (χ2n) is 4.73. The Balaban J connectivity index is 2.39. The lowest BCUT2D eigenvalue weighted by molar-refractivity contribution is 0.0987. The van der Waals surface area contributed by atoms with E-state index in [1.807, 2.05) is 73.7 Å². The largest absolute Gasteiger partial charge is 0.351 e. The third-order valence-corrected chi connectivity index (χ3v) is 3.63. The quantitative estimate of drug-likeness (QED) is 0.827. The Labute approximate surface area is 114 Å². The van der Waals surface area contributed by atoms with E-state index in [0.717, 1.165) is 22.6 Å². The van der Waals surface area contributed by atoms with E-state index in [9.17, 15) is 4.79 Å². The molecule has 0 aliphatic heterocycles. The standard InChI is InChI=1S/C16H20N2O/c1-5-18(14-9-7-6-8-10-14)16(19)15-11-12(2)17(4)13(15)3/h6-11H,5H2,1-4H3. The van der Waals surface area contributed by atoms with E-state index in [-0.39, 0.29) is 5.91 Å². The number of hydrogen-bond acceptors (Lipinski definition) is 1. The van der Waals surface area contributed by atoms with Crippen LogP contribution in [0.2, 0.25) is 0 Å². The van der Waals surface area contributed by atoms with Crippen molar-refractivity contribution in [3.8, 4) is 0 Å². The van der Waals surface area contributed by atoms with Crippen LogP contribution in [0.15, 0.2) is 36.4 Å². The van der Waals surface area contributed by atoms with Gasteiger partial charge in [-0.05, 0) is 39.0 Å². The molecule has 3 heteroatoms. The van der Waals surface area contributed by atoms with Crippen LogP contribution in [-0.4, -0.2) is 17.0 Å². The molecule has 0 saturated carbocycles. The Morgan fingerprint density at radius 2 is 1.84 bits per heavy atom. The fourth-order valence-electron chi connectivity index (χ4n) is 2.27. The van der Waals surface area contributed by atoms with Crippen molar-refractivity contribution in [2.75, 3.05) is 11.4 Å². The second-order valence-corrected chi connectivity index (χ2v) is 4.73. The molecule has 1 aromatic heterocycles.